The lowest BCUT2D eigenvalue weighted by Crippen LogP contribution is -2.18. The molecule has 0 radical (unpaired) electrons. The summed E-state index contributed by atoms with van der Waals surface area (Å²) in [7, 11) is 0. The minimum absolute atomic E-state index is 0.0334. The second-order valence-electron chi connectivity index (χ2n) is 4.81. The molecule has 2 rings (SSSR count). The first kappa shape index (κ1) is 14.4. The number of rotatable bonds is 6. The number of fused-ring (bicyclic) bond motifs is 1. The van der Waals surface area contributed by atoms with E-state index in [0.29, 0.717) is 6.61 Å². The summed E-state index contributed by atoms with van der Waals surface area (Å²) in [6.45, 7) is 6.74. The Kier molecular flexibility index (Phi) is 4.66. The Labute approximate surface area is 119 Å². The average Bonchev–Trinajstić information content (AvgIpc) is 2.81. The van der Waals surface area contributed by atoms with Crippen LogP contribution in [0.3, 0.4) is 0 Å². The Balaban J connectivity index is 2.13. The summed E-state index contributed by atoms with van der Waals surface area (Å²) in [5.41, 5.74) is 1.01. The third kappa shape index (κ3) is 3.32. The number of nitrogens with zero attached hydrogens (tertiary/aromatic N) is 1. The highest BCUT2D eigenvalue weighted by atomic mass is 16.5. The summed E-state index contributed by atoms with van der Waals surface area (Å²) in [5.74, 6) is 0.644. The molecule has 1 aromatic carbocycles. The summed E-state index contributed by atoms with van der Waals surface area (Å²) >= 11 is 0. The van der Waals surface area contributed by atoms with Gasteiger partial charge in [0.25, 0.3) is 0 Å². The fourth-order valence-corrected chi connectivity index (χ4v) is 2.06. The van der Waals surface area contributed by atoms with Gasteiger partial charge >= 0.3 is 5.97 Å². The van der Waals surface area contributed by atoms with Gasteiger partial charge in [-0.05, 0) is 44.5 Å². The lowest BCUT2D eigenvalue weighted by Gasteiger charge is -2.12. The first-order valence-electron chi connectivity index (χ1n) is 7.05. The van der Waals surface area contributed by atoms with E-state index in [2.05, 4.69) is 0 Å². The molecule has 1 aromatic heterocycles. The highest BCUT2D eigenvalue weighted by Gasteiger charge is 2.10. The van der Waals surface area contributed by atoms with Crippen LogP contribution in [0.2, 0.25) is 0 Å². The number of benzene rings is 1. The minimum atomic E-state index is -0.203. The highest BCUT2D eigenvalue weighted by Crippen LogP contribution is 2.22. The largest absolute Gasteiger partial charge is 0.494 e. The van der Waals surface area contributed by atoms with Crippen molar-refractivity contribution in [2.45, 2.75) is 39.8 Å². The first-order chi connectivity index (χ1) is 9.63. The van der Waals surface area contributed by atoms with Gasteiger partial charge in [-0.25, -0.2) is 0 Å². The van der Waals surface area contributed by atoms with Gasteiger partial charge in [-0.2, -0.15) is 0 Å². The van der Waals surface area contributed by atoms with E-state index in [1.165, 1.54) is 0 Å². The topological polar surface area (TPSA) is 40.5 Å². The number of hydrogen-bond donors (Lipinski definition) is 0. The normalized spacial score (nSPS) is 12.3. The van der Waals surface area contributed by atoms with E-state index in [4.69, 9.17) is 9.47 Å². The Morgan fingerprint density at radius 3 is 2.80 bits per heavy atom. The quantitative estimate of drug-likeness (QED) is 0.759. The predicted molar refractivity (Wildman–Crippen MR) is 79.0 cm³/mol. The van der Waals surface area contributed by atoms with Crippen LogP contribution in [0.1, 0.15) is 27.2 Å². The molecular weight excluding hydrogens is 254 g/mol. The summed E-state index contributed by atoms with van der Waals surface area (Å²) in [5, 5.41) is 1.06. The number of carbonyl (C=O) groups is 1. The van der Waals surface area contributed by atoms with Crippen LogP contribution in [0.15, 0.2) is 30.5 Å². The van der Waals surface area contributed by atoms with Gasteiger partial charge < -0.3 is 14.0 Å². The van der Waals surface area contributed by atoms with Crippen molar-refractivity contribution >= 4 is 16.9 Å². The van der Waals surface area contributed by atoms with Crippen molar-refractivity contribution in [1.29, 1.82) is 0 Å². The third-order valence-electron chi connectivity index (χ3n) is 3.26. The average molecular weight is 275 g/mol. The summed E-state index contributed by atoms with van der Waals surface area (Å²) < 4.78 is 12.7. The minimum Gasteiger partial charge on any atom is -0.494 e. The zero-order valence-corrected chi connectivity index (χ0v) is 12.3. The SMILES string of the molecule is CCOc1ccc2c(ccn2CC(=O)OC(C)CC)c1. The molecule has 2 aromatic rings. The molecule has 1 atom stereocenters. The second kappa shape index (κ2) is 6.46. The van der Waals surface area contributed by atoms with Gasteiger partial charge in [-0.1, -0.05) is 6.92 Å². The molecule has 0 fully saturated rings. The lowest BCUT2D eigenvalue weighted by molar-refractivity contribution is -0.148. The van der Waals surface area contributed by atoms with Gasteiger partial charge in [0.1, 0.15) is 12.3 Å². The van der Waals surface area contributed by atoms with Crippen molar-refractivity contribution in [1.82, 2.24) is 4.57 Å². The molecule has 4 heteroatoms. The molecule has 20 heavy (non-hydrogen) atoms. The second-order valence-corrected chi connectivity index (χ2v) is 4.81. The van der Waals surface area contributed by atoms with Crippen molar-refractivity contribution in [2.24, 2.45) is 0 Å². The molecule has 0 spiro atoms. The van der Waals surface area contributed by atoms with Crippen molar-refractivity contribution in [2.75, 3.05) is 6.61 Å². The Morgan fingerprint density at radius 1 is 1.30 bits per heavy atom. The number of esters is 1. The maximum Gasteiger partial charge on any atom is 0.326 e. The smallest absolute Gasteiger partial charge is 0.326 e. The third-order valence-corrected chi connectivity index (χ3v) is 3.26. The van der Waals surface area contributed by atoms with Crippen LogP contribution in [-0.2, 0) is 16.1 Å². The van der Waals surface area contributed by atoms with Crippen molar-refractivity contribution in [3.8, 4) is 5.75 Å². The predicted octanol–water partition coefficient (Wildman–Crippen LogP) is 3.38. The monoisotopic (exact) mass is 275 g/mol. The number of ether oxygens (including phenoxy) is 2. The first-order valence-corrected chi connectivity index (χ1v) is 7.05. The highest BCUT2D eigenvalue weighted by molar-refractivity contribution is 5.83. The van der Waals surface area contributed by atoms with E-state index in [0.717, 1.165) is 23.1 Å². The van der Waals surface area contributed by atoms with Gasteiger partial charge in [0.15, 0.2) is 0 Å². The van der Waals surface area contributed by atoms with Crippen LogP contribution in [0, 0.1) is 0 Å². The van der Waals surface area contributed by atoms with Crippen LogP contribution in [0.25, 0.3) is 10.9 Å². The van der Waals surface area contributed by atoms with Crippen molar-refractivity contribution < 1.29 is 14.3 Å². The molecule has 0 N–H and O–H groups in total. The molecule has 1 heterocycles. The lowest BCUT2D eigenvalue weighted by atomic mass is 10.2. The van der Waals surface area contributed by atoms with Crippen LogP contribution in [-0.4, -0.2) is 23.2 Å². The molecule has 1 unspecified atom stereocenters. The standard InChI is InChI=1S/C16H21NO3/c1-4-12(3)20-16(18)11-17-9-8-13-10-14(19-5-2)6-7-15(13)17/h6-10,12H,4-5,11H2,1-3H3. The molecule has 0 bridgehead atoms. The van der Waals surface area contributed by atoms with Gasteiger partial charge in [-0.3, -0.25) is 4.79 Å². The van der Waals surface area contributed by atoms with Gasteiger partial charge in [0.2, 0.25) is 0 Å². The molecule has 108 valence electrons. The van der Waals surface area contributed by atoms with Crippen LogP contribution >= 0.6 is 0 Å². The molecule has 0 aliphatic rings. The fraction of sp³-hybridized carbons (Fsp3) is 0.438. The van der Waals surface area contributed by atoms with Gasteiger partial charge in [0, 0.05) is 17.1 Å². The zero-order valence-electron chi connectivity index (χ0n) is 12.3. The van der Waals surface area contributed by atoms with E-state index in [-0.39, 0.29) is 18.6 Å². The van der Waals surface area contributed by atoms with E-state index >= 15 is 0 Å². The van der Waals surface area contributed by atoms with Crippen molar-refractivity contribution in [3.05, 3.63) is 30.5 Å². The number of carbonyl (C=O) groups excluding carboxylic acids is 1. The van der Waals surface area contributed by atoms with Crippen LogP contribution in [0.4, 0.5) is 0 Å². The number of aromatic nitrogens is 1. The number of hydrogen-bond acceptors (Lipinski definition) is 3. The Bertz CT molecular complexity index is 588. The molecule has 0 saturated carbocycles. The van der Waals surface area contributed by atoms with Gasteiger partial charge in [0.05, 0.1) is 12.7 Å². The molecule has 0 saturated heterocycles. The van der Waals surface area contributed by atoms with Crippen LogP contribution < -0.4 is 4.74 Å². The van der Waals surface area contributed by atoms with Crippen molar-refractivity contribution in [3.63, 3.8) is 0 Å². The summed E-state index contributed by atoms with van der Waals surface area (Å²) in [6.07, 6.45) is 2.70. The molecule has 4 nitrogen and oxygen atoms in total. The molecule has 0 aliphatic carbocycles. The van der Waals surface area contributed by atoms with E-state index in [1.807, 2.05) is 55.8 Å². The maximum absolute atomic E-state index is 11.8. The Morgan fingerprint density at radius 2 is 2.10 bits per heavy atom. The zero-order chi connectivity index (χ0) is 14.5. The van der Waals surface area contributed by atoms with E-state index in [1.54, 1.807) is 0 Å². The van der Waals surface area contributed by atoms with Gasteiger partial charge in [-0.15, -0.1) is 0 Å². The van der Waals surface area contributed by atoms with Crippen LogP contribution in [0.5, 0.6) is 5.75 Å². The Hall–Kier alpha value is -1.97. The fourth-order valence-electron chi connectivity index (χ4n) is 2.06. The molecular formula is C16H21NO3. The van der Waals surface area contributed by atoms with E-state index in [9.17, 15) is 4.79 Å². The summed E-state index contributed by atoms with van der Waals surface area (Å²) in [4.78, 5) is 11.8. The molecule has 0 aliphatic heterocycles. The maximum atomic E-state index is 11.8. The summed E-state index contributed by atoms with van der Waals surface area (Å²) in [6, 6.07) is 7.85. The molecule has 0 amide bonds. The van der Waals surface area contributed by atoms with E-state index < -0.39 is 0 Å².